The number of ether oxygens (including phenoxy) is 2. The average Bonchev–Trinajstić information content (AvgIpc) is 2.73. The molecule has 0 atom stereocenters. The zero-order chi connectivity index (χ0) is 22.9. The molecule has 9 nitrogen and oxygen atoms in total. The third kappa shape index (κ3) is 4.60. The summed E-state index contributed by atoms with van der Waals surface area (Å²) in [5.74, 6) is -0.268. The molecule has 3 aromatic rings. The molecule has 0 amide bonds. The van der Waals surface area contributed by atoms with Crippen LogP contribution in [-0.2, 0) is 23.1 Å². The van der Waals surface area contributed by atoms with Crippen LogP contribution >= 0.6 is 39.1 Å². The van der Waals surface area contributed by atoms with E-state index < -0.39 is 29.6 Å². The molecule has 0 spiro atoms. The molecule has 0 aliphatic rings. The highest BCUT2D eigenvalue weighted by molar-refractivity contribution is 9.10. The van der Waals surface area contributed by atoms with Crippen molar-refractivity contribution in [3.63, 3.8) is 0 Å². The fourth-order valence-electron chi connectivity index (χ4n) is 2.64. The molecule has 0 bridgehead atoms. The van der Waals surface area contributed by atoms with Gasteiger partial charge in [0.15, 0.2) is 0 Å². The number of rotatable bonds is 5. The van der Waals surface area contributed by atoms with Gasteiger partial charge in [0.05, 0.1) is 17.8 Å². The van der Waals surface area contributed by atoms with E-state index in [4.69, 9.17) is 27.9 Å². The first-order chi connectivity index (χ1) is 14.6. The Hall–Kier alpha value is -2.82. The fraction of sp³-hybridized carbons (Fsp3) is 0.158. The van der Waals surface area contributed by atoms with Crippen molar-refractivity contribution >= 4 is 45.1 Å². The Labute approximate surface area is 193 Å². The second kappa shape index (κ2) is 9.13. The molecule has 0 saturated heterocycles. The molecule has 2 aromatic carbocycles. The van der Waals surface area contributed by atoms with Gasteiger partial charge in [0, 0.05) is 22.6 Å². The summed E-state index contributed by atoms with van der Waals surface area (Å²) in [7, 11) is 2.31. The lowest BCUT2D eigenvalue weighted by Gasteiger charge is -2.14. The summed E-state index contributed by atoms with van der Waals surface area (Å²) < 4.78 is 12.7. The molecule has 1 aromatic heterocycles. The molecule has 3 rings (SSSR count). The molecular formula is C19H14BrCl2N3O6. The van der Waals surface area contributed by atoms with Gasteiger partial charge >= 0.3 is 23.0 Å². The molecule has 12 heteroatoms. The number of methoxy groups -OCH3 is 1. The van der Waals surface area contributed by atoms with E-state index in [1.54, 1.807) is 24.3 Å². The molecule has 0 saturated carbocycles. The molecule has 0 aliphatic heterocycles. The number of carbonyl (C=O) groups excluding carboxylic acids is 1. The van der Waals surface area contributed by atoms with Crippen LogP contribution in [0.5, 0.6) is 11.5 Å². The minimum atomic E-state index is -1.01. The van der Waals surface area contributed by atoms with Crippen molar-refractivity contribution in [2.24, 2.45) is 7.05 Å². The van der Waals surface area contributed by atoms with Gasteiger partial charge in [-0.25, -0.2) is 28.1 Å². The number of aromatic nitrogens is 3. The summed E-state index contributed by atoms with van der Waals surface area (Å²) >= 11 is 15.3. The van der Waals surface area contributed by atoms with Crippen LogP contribution in [0, 0.1) is 0 Å². The highest BCUT2D eigenvalue weighted by Gasteiger charge is 2.19. The van der Waals surface area contributed by atoms with Crippen molar-refractivity contribution in [1.29, 1.82) is 0 Å². The maximum Gasteiger partial charge on any atom is 0.341 e. The Morgan fingerprint density at radius 3 is 2.39 bits per heavy atom. The van der Waals surface area contributed by atoms with Crippen molar-refractivity contribution in [2.75, 3.05) is 7.11 Å². The monoisotopic (exact) mass is 529 g/mol. The molecule has 31 heavy (non-hydrogen) atoms. The van der Waals surface area contributed by atoms with Gasteiger partial charge in [-0.05, 0) is 46.3 Å². The summed E-state index contributed by atoms with van der Waals surface area (Å²) in [6.45, 7) is -0.656. The lowest BCUT2D eigenvalue weighted by atomic mass is 10.3. The Morgan fingerprint density at radius 1 is 1.03 bits per heavy atom. The Bertz CT molecular complexity index is 1360. The van der Waals surface area contributed by atoms with Gasteiger partial charge in [-0.3, -0.25) is 4.79 Å². The van der Waals surface area contributed by atoms with Crippen LogP contribution < -0.4 is 21.8 Å². The lowest BCUT2D eigenvalue weighted by molar-refractivity contribution is -0.141. The number of carbonyl (C=O) groups is 1. The number of hydrogen-bond donors (Lipinski definition) is 0. The summed E-state index contributed by atoms with van der Waals surface area (Å²) in [5, 5.41) is 0.688. The van der Waals surface area contributed by atoms with E-state index in [2.05, 4.69) is 20.7 Å². The number of hydrogen-bond acceptors (Lipinski definition) is 6. The minimum absolute atomic E-state index is 0.0896. The first-order valence-electron chi connectivity index (χ1n) is 8.56. The van der Waals surface area contributed by atoms with Gasteiger partial charge in [-0.1, -0.05) is 23.2 Å². The number of halogens is 3. The Morgan fingerprint density at radius 2 is 1.74 bits per heavy atom. The van der Waals surface area contributed by atoms with Gasteiger partial charge in [0.1, 0.15) is 18.0 Å². The second-order valence-electron chi connectivity index (χ2n) is 6.19. The van der Waals surface area contributed by atoms with E-state index in [0.29, 0.717) is 24.4 Å². The first kappa shape index (κ1) is 22.9. The predicted molar refractivity (Wildman–Crippen MR) is 118 cm³/mol. The van der Waals surface area contributed by atoms with E-state index in [1.807, 2.05) is 0 Å². The maximum atomic E-state index is 12.9. The van der Waals surface area contributed by atoms with Gasteiger partial charge in [-0.2, -0.15) is 0 Å². The molecular weight excluding hydrogens is 517 g/mol. The molecule has 0 fully saturated rings. The van der Waals surface area contributed by atoms with Crippen LogP contribution in [0.1, 0.15) is 0 Å². The normalized spacial score (nSPS) is 10.7. The SMILES string of the molecule is COC(=O)Cn1c(=O)n(C)c(=O)n(-c2cc(Oc3ccc(Cl)cc3Cl)ccc2Br)c1=O. The largest absolute Gasteiger partial charge is 0.468 e. The van der Waals surface area contributed by atoms with Crippen molar-refractivity contribution < 1.29 is 14.3 Å². The first-order valence-corrected chi connectivity index (χ1v) is 10.1. The lowest BCUT2D eigenvalue weighted by Crippen LogP contribution is -2.53. The molecule has 0 radical (unpaired) electrons. The standard InChI is InChI=1S/C19H14BrCl2N3O6/c1-23-17(27)24(9-16(26)30-2)19(29)25(18(23)28)14-8-11(4-5-12(14)20)31-15-6-3-10(21)7-13(15)22/h3-8H,9H2,1-2H3. The minimum Gasteiger partial charge on any atom is -0.468 e. The average molecular weight is 531 g/mol. The molecule has 0 N–H and O–H groups in total. The van der Waals surface area contributed by atoms with Crippen molar-refractivity contribution in [3.8, 4) is 17.2 Å². The smallest absolute Gasteiger partial charge is 0.341 e. The van der Waals surface area contributed by atoms with Gasteiger partial charge < -0.3 is 9.47 Å². The summed E-state index contributed by atoms with van der Waals surface area (Å²) in [4.78, 5) is 49.7. The number of benzene rings is 2. The van der Waals surface area contributed by atoms with E-state index >= 15 is 0 Å². The maximum absolute atomic E-state index is 12.9. The Kier molecular flexibility index (Phi) is 6.73. The van der Waals surface area contributed by atoms with Crippen molar-refractivity contribution in [3.05, 3.63) is 82.4 Å². The van der Waals surface area contributed by atoms with Gasteiger partial charge in [0.25, 0.3) is 0 Å². The Balaban J connectivity index is 2.18. The molecule has 162 valence electrons. The quantitative estimate of drug-likeness (QED) is 0.470. The van der Waals surface area contributed by atoms with Crippen LogP contribution in [0.4, 0.5) is 0 Å². The van der Waals surface area contributed by atoms with E-state index in [1.165, 1.54) is 19.2 Å². The van der Waals surface area contributed by atoms with Crippen LogP contribution in [0.3, 0.4) is 0 Å². The van der Waals surface area contributed by atoms with E-state index in [0.717, 1.165) is 11.7 Å². The number of esters is 1. The molecule has 0 unspecified atom stereocenters. The highest BCUT2D eigenvalue weighted by Crippen LogP contribution is 2.33. The highest BCUT2D eigenvalue weighted by atomic mass is 79.9. The van der Waals surface area contributed by atoms with Crippen molar-refractivity contribution in [1.82, 2.24) is 13.7 Å². The molecule has 0 aliphatic carbocycles. The molecule has 1 heterocycles. The van der Waals surface area contributed by atoms with Crippen LogP contribution in [-0.4, -0.2) is 26.8 Å². The van der Waals surface area contributed by atoms with Crippen LogP contribution in [0.15, 0.2) is 55.3 Å². The second-order valence-corrected chi connectivity index (χ2v) is 7.89. The van der Waals surface area contributed by atoms with Crippen LogP contribution in [0.25, 0.3) is 5.69 Å². The predicted octanol–water partition coefficient (Wildman–Crippen LogP) is 2.73. The topological polar surface area (TPSA) is 102 Å². The summed E-state index contributed by atoms with van der Waals surface area (Å²) in [6.07, 6.45) is 0. The third-order valence-corrected chi connectivity index (χ3v) is 5.41. The van der Waals surface area contributed by atoms with Gasteiger partial charge in [-0.15, -0.1) is 0 Å². The number of nitrogens with zero attached hydrogens (tertiary/aromatic N) is 3. The van der Waals surface area contributed by atoms with Gasteiger partial charge in [0.2, 0.25) is 0 Å². The summed E-state index contributed by atoms with van der Waals surface area (Å²) in [6, 6.07) is 9.19. The summed E-state index contributed by atoms with van der Waals surface area (Å²) in [5.41, 5.74) is -2.78. The zero-order valence-electron chi connectivity index (χ0n) is 16.1. The van der Waals surface area contributed by atoms with E-state index in [9.17, 15) is 19.2 Å². The third-order valence-electron chi connectivity index (χ3n) is 4.21. The van der Waals surface area contributed by atoms with Crippen LogP contribution in [0.2, 0.25) is 10.0 Å². The zero-order valence-corrected chi connectivity index (χ0v) is 19.2. The van der Waals surface area contributed by atoms with E-state index in [-0.39, 0.29) is 16.5 Å². The van der Waals surface area contributed by atoms with Crippen molar-refractivity contribution in [2.45, 2.75) is 6.54 Å². The fourth-order valence-corrected chi connectivity index (χ4v) is 3.52.